The largest absolute Gasteiger partial charge is 0.481 e. The predicted octanol–water partition coefficient (Wildman–Crippen LogP) is 1.96. The van der Waals surface area contributed by atoms with E-state index in [-0.39, 0.29) is 12.3 Å². The van der Waals surface area contributed by atoms with Crippen LogP contribution in [0.4, 0.5) is 0 Å². The van der Waals surface area contributed by atoms with Gasteiger partial charge in [0.1, 0.15) is 0 Å². The van der Waals surface area contributed by atoms with E-state index in [9.17, 15) is 9.59 Å². The summed E-state index contributed by atoms with van der Waals surface area (Å²) in [5.74, 6) is -1.15. The number of aliphatic carboxylic acids is 1. The maximum absolute atomic E-state index is 11.1. The number of carbonyl (C=O) groups excluding carboxylic acids is 1. The molecule has 0 radical (unpaired) electrons. The molecule has 0 saturated heterocycles. The maximum atomic E-state index is 11.1. The SMILES string of the molecule is CC(=O)NC(CC(=O)O)c1cc(C)ccc1C. The molecule has 0 saturated carbocycles. The van der Waals surface area contributed by atoms with Crippen molar-refractivity contribution in [2.24, 2.45) is 0 Å². The van der Waals surface area contributed by atoms with Gasteiger partial charge in [0.15, 0.2) is 0 Å². The van der Waals surface area contributed by atoms with Gasteiger partial charge < -0.3 is 10.4 Å². The molecule has 17 heavy (non-hydrogen) atoms. The van der Waals surface area contributed by atoms with Crippen molar-refractivity contribution in [2.75, 3.05) is 0 Å². The molecule has 1 aromatic carbocycles. The Morgan fingerprint density at radius 3 is 2.53 bits per heavy atom. The topological polar surface area (TPSA) is 66.4 Å². The number of nitrogens with one attached hydrogen (secondary N) is 1. The molecule has 0 bridgehead atoms. The highest BCUT2D eigenvalue weighted by Gasteiger charge is 2.18. The summed E-state index contributed by atoms with van der Waals surface area (Å²) >= 11 is 0. The molecule has 1 rings (SSSR count). The van der Waals surface area contributed by atoms with Crippen LogP contribution in [-0.2, 0) is 9.59 Å². The van der Waals surface area contributed by atoms with Gasteiger partial charge in [0.05, 0.1) is 12.5 Å². The van der Waals surface area contributed by atoms with E-state index in [4.69, 9.17) is 5.11 Å². The molecular weight excluding hydrogens is 218 g/mol. The van der Waals surface area contributed by atoms with Crippen molar-refractivity contribution in [1.29, 1.82) is 0 Å². The van der Waals surface area contributed by atoms with E-state index in [1.54, 1.807) is 0 Å². The molecule has 1 amide bonds. The van der Waals surface area contributed by atoms with Gasteiger partial charge >= 0.3 is 5.97 Å². The third kappa shape index (κ3) is 3.90. The lowest BCUT2D eigenvalue weighted by atomic mass is 9.96. The molecule has 0 fully saturated rings. The van der Waals surface area contributed by atoms with Gasteiger partial charge in [0.2, 0.25) is 5.91 Å². The van der Waals surface area contributed by atoms with E-state index >= 15 is 0 Å². The molecular formula is C13H17NO3. The number of carboxylic acids is 1. The summed E-state index contributed by atoms with van der Waals surface area (Å²) < 4.78 is 0. The smallest absolute Gasteiger partial charge is 0.305 e. The fraction of sp³-hybridized carbons (Fsp3) is 0.385. The number of aryl methyl sites for hydroxylation is 2. The van der Waals surface area contributed by atoms with E-state index in [1.807, 2.05) is 32.0 Å². The molecule has 0 aromatic heterocycles. The molecule has 0 aliphatic heterocycles. The van der Waals surface area contributed by atoms with Crippen molar-refractivity contribution in [3.05, 3.63) is 34.9 Å². The first-order valence-electron chi connectivity index (χ1n) is 5.46. The van der Waals surface area contributed by atoms with Crippen LogP contribution in [-0.4, -0.2) is 17.0 Å². The molecule has 0 heterocycles. The summed E-state index contributed by atoms with van der Waals surface area (Å²) in [5.41, 5.74) is 2.89. The molecule has 0 spiro atoms. The van der Waals surface area contributed by atoms with Crippen LogP contribution >= 0.6 is 0 Å². The molecule has 2 N–H and O–H groups in total. The third-order valence-electron chi connectivity index (χ3n) is 2.57. The highest BCUT2D eigenvalue weighted by molar-refractivity contribution is 5.75. The van der Waals surface area contributed by atoms with Gasteiger partial charge in [-0.3, -0.25) is 9.59 Å². The van der Waals surface area contributed by atoms with E-state index < -0.39 is 12.0 Å². The van der Waals surface area contributed by atoms with Crippen molar-refractivity contribution in [3.63, 3.8) is 0 Å². The van der Waals surface area contributed by atoms with Crippen molar-refractivity contribution >= 4 is 11.9 Å². The number of amides is 1. The molecule has 4 nitrogen and oxygen atoms in total. The average Bonchev–Trinajstić information content (AvgIpc) is 2.19. The number of rotatable bonds is 4. The third-order valence-corrected chi connectivity index (χ3v) is 2.57. The van der Waals surface area contributed by atoms with Crippen molar-refractivity contribution < 1.29 is 14.7 Å². The lowest BCUT2D eigenvalue weighted by Gasteiger charge is -2.19. The van der Waals surface area contributed by atoms with Crippen LogP contribution in [0.2, 0.25) is 0 Å². The highest BCUT2D eigenvalue weighted by Crippen LogP contribution is 2.22. The summed E-state index contributed by atoms with van der Waals surface area (Å²) in [7, 11) is 0. The summed E-state index contributed by atoms with van der Waals surface area (Å²) in [4.78, 5) is 21.9. The number of benzene rings is 1. The molecule has 1 unspecified atom stereocenters. The number of carbonyl (C=O) groups is 2. The van der Waals surface area contributed by atoms with Crippen LogP contribution in [0.25, 0.3) is 0 Å². The van der Waals surface area contributed by atoms with Gasteiger partial charge in [-0.1, -0.05) is 23.8 Å². The lowest BCUT2D eigenvalue weighted by Crippen LogP contribution is -2.28. The van der Waals surface area contributed by atoms with E-state index in [0.29, 0.717) is 0 Å². The van der Waals surface area contributed by atoms with Gasteiger partial charge in [-0.15, -0.1) is 0 Å². The molecule has 4 heteroatoms. The number of carboxylic acid groups (broad SMARTS) is 1. The van der Waals surface area contributed by atoms with Gasteiger partial charge in [-0.05, 0) is 25.0 Å². The Balaban J connectivity index is 3.06. The average molecular weight is 235 g/mol. The Morgan fingerprint density at radius 2 is 2.00 bits per heavy atom. The molecule has 1 aromatic rings. The highest BCUT2D eigenvalue weighted by atomic mass is 16.4. The first-order valence-corrected chi connectivity index (χ1v) is 5.46. The normalized spacial score (nSPS) is 11.9. The Hall–Kier alpha value is -1.84. The molecule has 0 aliphatic rings. The summed E-state index contributed by atoms with van der Waals surface area (Å²) in [5, 5.41) is 11.5. The Labute approximate surface area is 101 Å². The summed E-state index contributed by atoms with van der Waals surface area (Å²) in [6, 6.07) is 5.34. The first-order chi connectivity index (χ1) is 7.90. The minimum atomic E-state index is -0.926. The second kappa shape index (κ2) is 5.48. The second-order valence-electron chi connectivity index (χ2n) is 4.21. The summed E-state index contributed by atoms with van der Waals surface area (Å²) in [6.07, 6.45) is -0.107. The van der Waals surface area contributed by atoms with E-state index in [2.05, 4.69) is 5.32 Å². The minimum absolute atomic E-state index is 0.107. The lowest BCUT2D eigenvalue weighted by molar-refractivity contribution is -0.137. The van der Waals surface area contributed by atoms with Crippen LogP contribution in [0.5, 0.6) is 0 Å². The Kier molecular flexibility index (Phi) is 4.26. The fourth-order valence-corrected chi connectivity index (χ4v) is 1.79. The monoisotopic (exact) mass is 235 g/mol. The summed E-state index contributed by atoms with van der Waals surface area (Å²) in [6.45, 7) is 5.24. The van der Waals surface area contributed by atoms with E-state index in [0.717, 1.165) is 16.7 Å². The van der Waals surface area contributed by atoms with Crippen molar-refractivity contribution in [2.45, 2.75) is 33.2 Å². The predicted molar refractivity (Wildman–Crippen MR) is 64.7 cm³/mol. The molecule has 0 aliphatic carbocycles. The van der Waals surface area contributed by atoms with Crippen LogP contribution in [0.3, 0.4) is 0 Å². The van der Waals surface area contributed by atoms with E-state index in [1.165, 1.54) is 6.92 Å². The van der Waals surface area contributed by atoms with Crippen LogP contribution < -0.4 is 5.32 Å². The Bertz CT molecular complexity index is 424. The van der Waals surface area contributed by atoms with Crippen LogP contribution in [0.15, 0.2) is 18.2 Å². The quantitative estimate of drug-likeness (QED) is 0.838. The van der Waals surface area contributed by atoms with Gasteiger partial charge in [0.25, 0.3) is 0 Å². The zero-order chi connectivity index (χ0) is 13.0. The fourth-order valence-electron chi connectivity index (χ4n) is 1.79. The number of hydrogen-bond acceptors (Lipinski definition) is 2. The van der Waals surface area contributed by atoms with Gasteiger partial charge in [0, 0.05) is 6.92 Å². The molecule has 92 valence electrons. The maximum Gasteiger partial charge on any atom is 0.305 e. The minimum Gasteiger partial charge on any atom is -0.481 e. The van der Waals surface area contributed by atoms with Crippen LogP contribution in [0, 0.1) is 13.8 Å². The Morgan fingerprint density at radius 1 is 1.35 bits per heavy atom. The number of hydrogen-bond donors (Lipinski definition) is 2. The van der Waals surface area contributed by atoms with Gasteiger partial charge in [-0.2, -0.15) is 0 Å². The zero-order valence-electron chi connectivity index (χ0n) is 10.3. The first kappa shape index (κ1) is 13.2. The standard InChI is InChI=1S/C13H17NO3/c1-8-4-5-9(2)11(6-8)12(7-13(16)17)14-10(3)15/h4-6,12H,7H2,1-3H3,(H,14,15)(H,16,17). The van der Waals surface area contributed by atoms with Crippen molar-refractivity contribution in [3.8, 4) is 0 Å². The van der Waals surface area contributed by atoms with Gasteiger partial charge in [-0.25, -0.2) is 0 Å². The van der Waals surface area contributed by atoms with Crippen LogP contribution in [0.1, 0.15) is 36.1 Å². The molecule has 1 atom stereocenters. The zero-order valence-corrected chi connectivity index (χ0v) is 10.3. The van der Waals surface area contributed by atoms with Crippen molar-refractivity contribution in [1.82, 2.24) is 5.32 Å². The second-order valence-corrected chi connectivity index (χ2v) is 4.21.